The van der Waals surface area contributed by atoms with E-state index >= 15 is 0 Å². The highest BCUT2D eigenvalue weighted by Gasteiger charge is 2.52. The first kappa shape index (κ1) is 15.9. The molecule has 0 radical (unpaired) electrons. The largest absolute Gasteiger partial charge is 0.393 e. The first-order valence-corrected chi connectivity index (χ1v) is 8.88. The molecule has 0 spiro atoms. The monoisotopic (exact) mass is 329 g/mol. The van der Waals surface area contributed by atoms with Crippen LogP contribution in [0.15, 0.2) is 96.9 Å². The molecular formula is C23H23NO. The van der Waals surface area contributed by atoms with Gasteiger partial charge in [-0.3, -0.25) is 0 Å². The molecule has 0 atom stereocenters. The molecule has 1 fully saturated rings. The van der Waals surface area contributed by atoms with E-state index in [2.05, 4.69) is 78.1 Å². The third-order valence-corrected chi connectivity index (χ3v) is 5.37. The van der Waals surface area contributed by atoms with Crippen molar-refractivity contribution in [1.29, 1.82) is 0 Å². The van der Waals surface area contributed by atoms with Crippen molar-refractivity contribution in [3.63, 3.8) is 0 Å². The van der Waals surface area contributed by atoms with Gasteiger partial charge in [-0.15, -0.1) is 0 Å². The van der Waals surface area contributed by atoms with E-state index in [1.54, 1.807) is 0 Å². The molecule has 0 amide bonds. The van der Waals surface area contributed by atoms with Gasteiger partial charge in [0.25, 0.3) is 0 Å². The second-order valence-electron chi connectivity index (χ2n) is 6.94. The van der Waals surface area contributed by atoms with Gasteiger partial charge in [0.05, 0.1) is 6.10 Å². The van der Waals surface area contributed by atoms with Crippen molar-refractivity contribution < 1.29 is 5.11 Å². The molecule has 1 saturated carbocycles. The molecular weight excluding hydrogens is 306 g/mol. The van der Waals surface area contributed by atoms with E-state index in [4.69, 9.17) is 0 Å². The Kier molecular flexibility index (Phi) is 4.29. The fourth-order valence-corrected chi connectivity index (χ4v) is 4.28. The maximum atomic E-state index is 10.2. The van der Waals surface area contributed by atoms with E-state index in [0.717, 1.165) is 12.8 Å². The Bertz CT molecular complexity index is 759. The van der Waals surface area contributed by atoms with Crippen molar-refractivity contribution in [3.05, 3.63) is 108 Å². The summed E-state index contributed by atoms with van der Waals surface area (Å²) in [6.45, 7) is 0. The van der Waals surface area contributed by atoms with Crippen molar-refractivity contribution in [2.45, 2.75) is 24.9 Å². The van der Waals surface area contributed by atoms with Crippen LogP contribution in [0, 0.1) is 5.41 Å². The average Bonchev–Trinajstić information content (AvgIpc) is 2.91. The Hall–Kier alpha value is -2.58. The molecule has 0 saturated heterocycles. The Labute approximate surface area is 149 Å². The van der Waals surface area contributed by atoms with Crippen molar-refractivity contribution in [3.8, 4) is 0 Å². The second kappa shape index (κ2) is 6.73. The maximum absolute atomic E-state index is 10.2. The van der Waals surface area contributed by atoms with Crippen LogP contribution in [0.5, 0.6) is 0 Å². The topological polar surface area (TPSA) is 32.3 Å². The fraction of sp³-hybridized carbons (Fsp3) is 0.217. The lowest BCUT2D eigenvalue weighted by Gasteiger charge is -2.52. The Morgan fingerprint density at radius 2 is 1.44 bits per heavy atom. The van der Waals surface area contributed by atoms with Crippen LogP contribution >= 0.6 is 0 Å². The highest BCUT2D eigenvalue weighted by atomic mass is 16.3. The molecule has 2 aromatic rings. The van der Waals surface area contributed by atoms with Gasteiger partial charge in [-0.05, 0) is 36.1 Å². The minimum Gasteiger partial charge on any atom is -0.393 e. The molecule has 4 rings (SSSR count). The molecule has 0 aromatic heterocycles. The first-order chi connectivity index (χ1) is 12.3. The summed E-state index contributed by atoms with van der Waals surface area (Å²) in [5.74, 6) is 0.206. The van der Waals surface area contributed by atoms with Gasteiger partial charge in [-0.25, -0.2) is 0 Å². The van der Waals surface area contributed by atoms with Crippen LogP contribution in [0.2, 0.25) is 0 Å². The number of allylic oxidation sites excluding steroid dienone is 5. The Balaban J connectivity index is 1.85. The number of benzene rings is 2. The standard InChI is InChI=1S/C23H23NO/c25-20-16-23(17-20,21-14-8-3-9-15-24-21)22(18-10-4-1-5-11-18)19-12-6-2-7-13-19/h1-15,20,22,24-25H,16-17H2. The predicted octanol–water partition coefficient (Wildman–Crippen LogP) is 4.52. The van der Waals surface area contributed by atoms with Crippen LogP contribution in [0.25, 0.3) is 0 Å². The summed E-state index contributed by atoms with van der Waals surface area (Å²) >= 11 is 0. The average molecular weight is 329 g/mol. The summed E-state index contributed by atoms with van der Waals surface area (Å²) < 4.78 is 0. The van der Waals surface area contributed by atoms with Crippen LogP contribution in [0.1, 0.15) is 29.9 Å². The van der Waals surface area contributed by atoms with Crippen LogP contribution in [-0.2, 0) is 0 Å². The number of hydrogen-bond donors (Lipinski definition) is 2. The Morgan fingerprint density at radius 1 is 0.840 bits per heavy atom. The number of nitrogens with one attached hydrogen (secondary N) is 1. The van der Waals surface area contributed by atoms with Gasteiger partial charge in [0.15, 0.2) is 0 Å². The maximum Gasteiger partial charge on any atom is 0.0559 e. The fourth-order valence-electron chi connectivity index (χ4n) is 4.28. The zero-order valence-electron chi connectivity index (χ0n) is 14.2. The van der Waals surface area contributed by atoms with Crippen molar-refractivity contribution >= 4 is 0 Å². The minimum atomic E-state index is -0.242. The van der Waals surface area contributed by atoms with Gasteiger partial charge in [0.1, 0.15) is 0 Å². The molecule has 2 N–H and O–H groups in total. The molecule has 1 aliphatic heterocycles. The number of aliphatic hydroxyl groups is 1. The molecule has 1 aliphatic carbocycles. The summed E-state index contributed by atoms with van der Waals surface area (Å²) in [5, 5.41) is 13.7. The van der Waals surface area contributed by atoms with Crippen molar-refractivity contribution in [2.24, 2.45) is 5.41 Å². The third-order valence-electron chi connectivity index (χ3n) is 5.37. The summed E-state index contributed by atoms with van der Waals surface area (Å²) in [7, 11) is 0. The summed E-state index contributed by atoms with van der Waals surface area (Å²) in [4.78, 5) is 0. The number of aliphatic hydroxyl groups excluding tert-OH is 1. The molecule has 0 bridgehead atoms. The highest BCUT2D eigenvalue weighted by Crippen LogP contribution is 2.58. The van der Waals surface area contributed by atoms with Crippen LogP contribution < -0.4 is 5.32 Å². The zero-order valence-corrected chi connectivity index (χ0v) is 14.2. The molecule has 1 heterocycles. The molecule has 2 nitrogen and oxygen atoms in total. The van der Waals surface area contributed by atoms with Crippen molar-refractivity contribution in [2.75, 3.05) is 0 Å². The highest BCUT2D eigenvalue weighted by molar-refractivity contribution is 5.42. The van der Waals surface area contributed by atoms with E-state index in [1.165, 1.54) is 16.8 Å². The summed E-state index contributed by atoms with van der Waals surface area (Å²) in [5.41, 5.74) is 3.64. The van der Waals surface area contributed by atoms with Gasteiger partial charge in [0, 0.05) is 23.2 Å². The van der Waals surface area contributed by atoms with Gasteiger partial charge in [-0.2, -0.15) is 0 Å². The van der Waals surface area contributed by atoms with Gasteiger partial charge < -0.3 is 10.4 Å². The predicted molar refractivity (Wildman–Crippen MR) is 102 cm³/mol. The number of rotatable bonds is 4. The molecule has 126 valence electrons. The molecule has 25 heavy (non-hydrogen) atoms. The van der Waals surface area contributed by atoms with Crippen LogP contribution in [-0.4, -0.2) is 11.2 Å². The molecule has 2 aromatic carbocycles. The zero-order chi connectivity index (χ0) is 17.1. The van der Waals surface area contributed by atoms with Crippen molar-refractivity contribution in [1.82, 2.24) is 5.32 Å². The van der Waals surface area contributed by atoms with E-state index in [1.807, 2.05) is 18.4 Å². The normalized spacial score (nSPS) is 25.0. The lowest BCUT2D eigenvalue weighted by Crippen LogP contribution is -2.49. The molecule has 2 heteroatoms. The molecule has 2 aliphatic rings. The minimum absolute atomic E-state index is 0.124. The third kappa shape index (κ3) is 2.94. The van der Waals surface area contributed by atoms with Crippen LogP contribution in [0.4, 0.5) is 0 Å². The van der Waals surface area contributed by atoms with Gasteiger partial charge >= 0.3 is 0 Å². The van der Waals surface area contributed by atoms with E-state index in [0.29, 0.717) is 0 Å². The lowest BCUT2D eigenvalue weighted by atomic mass is 9.54. The molecule has 0 unspecified atom stereocenters. The lowest BCUT2D eigenvalue weighted by molar-refractivity contribution is -0.0212. The Morgan fingerprint density at radius 3 is 2.00 bits per heavy atom. The summed E-state index contributed by atoms with van der Waals surface area (Å²) in [6, 6.07) is 21.3. The quantitative estimate of drug-likeness (QED) is 0.864. The van der Waals surface area contributed by atoms with E-state index in [-0.39, 0.29) is 17.4 Å². The first-order valence-electron chi connectivity index (χ1n) is 8.88. The van der Waals surface area contributed by atoms with E-state index in [9.17, 15) is 5.11 Å². The van der Waals surface area contributed by atoms with E-state index < -0.39 is 0 Å². The summed E-state index contributed by atoms with van der Waals surface area (Å²) in [6.07, 6.45) is 11.5. The van der Waals surface area contributed by atoms with Gasteiger partial charge in [0.2, 0.25) is 0 Å². The van der Waals surface area contributed by atoms with Crippen LogP contribution in [0.3, 0.4) is 0 Å². The SMILES string of the molecule is OC1CC(C2=CC=CC=CN2)(C(c2ccccc2)c2ccccc2)C1. The number of hydrogen-bond acceptors (Lipinski definition) is 2. The van der Waals surface area contributed by atoms with Gasteiger partial charge in [-0.1, -0.05) is 72.8 Å². The second-order valence-corrected chi connectivity index (χ2v) is 6.94. The smallest absolute Gasteiger partial charge is 0.0559 e.